The van der Waals surface area contributed by atoms with E-state index in [0.717, 1.165) is 26.5 Å². The Bertz CT molecular complexity index is 4870. The van der Waals surface area contributed by atoms with Gasteiger partial charge in [0.25, 0.3) is 0 Å². The van der Waals surface area contributed by atoms with Crippen LogP contribution in [-0.2, 0) is 101 Å². The number of carboxylic acids is 1. The highest BCUT2D eigenvalue weighted by atomic mass is 32.2. The van der Waals surface area contributed by atoms with Gasteiger partial charge in [0.05, 0.1) is 37.5 Å². The fraction of sp³-hybridized carbons (Fsp3) is 0.567. The summed E-state index contributed by atoms with van der Waals surface area (Å²) >= 11 is 0.793. The summed E-state index contributed by atoms with van der Waals surface area (Å²) in [6, 6.07) is 2.01. The topological polar surface area (TPSA) is 593 Å². The summed E-state index contributed by atoms with van der Waals surface area (Å²) in [6.45, 7) is 4.32. The number of nitrogens with one attached hydrogen (secondary N) is 10. The molecule has 9 rings (SSSR count). The second kappa shape index (κ2) is 48.7. The van der Waals surface area contributed by atoms with E-state index in [9.17, 15) is 63.6 Å². The molecule has 5 aromatic rings. The zero-order valence-electron chi connectivity index (χ0n) is 74.4. The number of aliphatic hydroxyl groups is 2. The molecule has 0 unspecified atom stereocenters. The molecule has 0 spiro atoms. The standard InChI is InChI=1S/C90H126N18O21S/c1-7-9-23-69-83(122)98-62(22-15-31-91)81(120)103-68(80(119)96-45-76(93)114)48-130-49-77(115)97-64(35-51-27-29-56(110)30-28-51)87(126)106-32-16-25-70(106)84(123)100-65(41-78(116)117)88(127)107-33-17-26-71(107)85(124)101-66(42-92)82(121)99-63(34-50(3)4)89(128)108-46-57(111)40-73(108)75(113)38-52(36-54-43-94-60-20-13-11-18-58(54)60)79(118)102-67(47-109)74(112)39-53(37-55-44-95-61-21-14-12-19-59(55)61)86(125)105(6)72(24-10-8-2)90(129)104(69)5/h11-14,18-21,27-30,43-44,50,52-53,57,62-73,94-95,109-111H,7-10,15-17,22-26,31-42,45-49,91-92H2,1-6H3,(H2,93,114)(H,96,119)(H,97,115)(H,98,122)(H,99,121)(H,100,123)(H,101,124)(H,102,118)(H,103,120)(H,116,117)/t52-,53-,57-,62+,63+,64+,65+,66+,67+,68+,69+,70+,71+,72+,73+/m1/s1. The van der Waals surface area contributed by atoms with Crippen molar-refractivity contribution in [3.8, 4) is 5.75 Å². The van der Waals surface area contributed by atoms with E-state index in [4.69, 9.17) is 17.2 Å². The normalized spacial score (nSPS) is 25.9. The number of aromatic hydroxyl groups is 1. The van der Waals surface area contributed by atoms with Gasteiger partial charge in [-0.1, -0.05) is 102 Å². The minimum absolute atomic E-state index is 0.0111. The van der Waals surface area contributed by atoms with Crippen molar-refractivity contribution >= 4 is 134 Å². The number of phenolic OH excluding ortho intramolecular Hbond substituents is 1. The number of aliphatic carboxylic acids is 1. The number of para-hydroxylation sites is 2. The molecule has 0 saturated carbocycles. The smallest absolute Gasteiger partial charge is 0.305 e. The highest BCUT2D eigenvalue weighted by Gasteiger charge is 2.47. The molecule has 14 amide bonds. The fourth-order valence-corrected chi connectivity index (χ4v) is 18.2. The third-order valence-corrected chi connectivity index (χ3v) is 25.4. The summed E-state index contributed by atoms with van der Waals surface area (Å²) in [5, 5.41) is 65.4. The van der Waals surface area contributed by atoms with Gasteiger partial charge in [-0.15, -0.1) is 11.8 Å². The first-order valence-corrected chi connectivity index (χ1v) is 45.8. The minimum Gasteiger partial charge on any atom is -0.508 e. The number of thioether (sulfide) groups is 1. The van der Waals surface area contributed by atoms with Gasteiger partial charge in [-0.05, 0) is 124 Å². The first-order valence-electron chi connectivity index (χ1n) is 44.6. The van der Waals surface area contributed by atoms with Crippen LogP contribution in [0.1, 0.15) is 154 Å². The molecule has 0 bridgehead atoms. The van der Waals surface area contributed by atoms with Gasteiger partial charge in [-0.25, -0.2) is 0 Å². The van der Waals surface area contributed by atoms with Crippen LogP contribution in [0, 0.1) is 17.8 Å². The third-order valence-electron chi connectivity index (χ3n) is 24.4. The monoisotopic (exact) mass is 1830 g/mol. The van der Waals surface area contributed by atoms with Gasteiger partial charge in [0, 0.05) is 118 Å². The van der Waals surface area contributed by atoms with E-state index in [1.165, 1.54) is 48.2 Å². The average molecular weight is 1830 g/mol. The summed E-state index contributed by atoms with van der Waals surface area (Å²) in [7, 11) is 2.78. The van der Waals surface area contributed by atoms with Crippen molar-refractivity contribution in [2.75, 3.05) is 71.5 Å². The molecule has 2 aromatic heterocycles. The maximum Gasteiger partial charge on any atom is 0.305 e. The number of likely N-dealkylation sites (N-methyl/N-ethyl adjacent to an activating group) is 2. The number of nitrogens with zero attached hydrogens (tertiary/aromatic N) is 5. The molecular weight excluding hydrogens is 1700 g/mol. The number of aromatic amines is 2. The number of Topliss-reactive ketones (excluding diaryl/α,β-unsaturated/α-hetero) is 2. The van der Waals surface area contributed by atoms with Crippen LogP contribution in [0.25, 0.3) is 21.8 Å². The molecule has 4 saturated heterocycles. The Morgan fingerprint density at radius 1 is 0.554 bits per heavy atom. The van der Waals surface area contributed by atoms with Crippen molar-refractivity contribution in [1.82, 2.24) is 77.0 Å². The number of carboxylic acid groups (broad SMARTS) is 1. The van der Waals surface area contributed by atoms with Gasteiger partial charge < -0.3 is 115 Å². The summed E-state index contributed by atoms with van der Waals surface area (Å²) < 4.78 is 0. The van der Waals surface area contributed by atoms with E-state index in [0.29, 0.717) is 64.2 Å². The average Bonchev–Trinajstić information content (AvgIpc) is 1.65. The molecule has 15 atom stereocenters. The number of benzene rings is 3. The number of hydrogen-bond donors (Lipinski definition) is 17. The van der Waals surface area contributed by atoms with Gasteiger partial charge in [-0.2, -0.15) is 0 Å². The van der Waals surface area contributed by atoms with E-state index in [2.05, 4.69) is 52.5 Å². The predicted octanol–water partition coefficient (Wildman–Crippen LogP) is -0.536. The van der Waals surface area contributed by atoms with Crippen molar-refractivity contribution in [3.63, 3.8) is 0 Å². The number of aromatic nitrogens is 2. The third kappa shape index (κ3) is 27.4. The van der Waals surface area contributed by atoms with Crippen molar-refractivity contribution in [1.29, 1.82) is 0 Å². The zero-order valence-corrected chi connectivity index (χ0v) is 75.2. The van der Waals surface area contributed by atoms with Crippen molar-refractivity contribution in [2.45, 2.75) is 235 Å². The Kier molecular flexibility index (Phi) is 38.1. The molecule has 4 fully saturated rings. The second-order valence-corrected chi connectivity index (χ2v) is 35.5. The summed E-state index contributed by atoms with van der Waals surface area (Å²) in [5.41, 5.74) is 20.6. The Balaban J connectivity index is 1.08. The highest BCUT2D eigenvalue weighted by Crippen LogP contribution is 2.32. The first kappa shape index (κ1) is 102. The molecule has 6 heterocycles. The number of fused-ring (bicyclic) bond motifs is 5. The number of carbonyl (C=O) groups excluding carboxylic acids is 16. The summed E-state index contributed by atoms with van der Waals surface area (Å²) in [5.74, 6) is -19.5. The quantitative estimate of drug-likeness (QED) is 0.0369. The van der Waals surface area contributed by atoms with E-state index >= 15 is 38.4 Å². The fourth-order valence-electron chi connectivity index (χ4n) is 17.4. The lowest BCUT2D eigenvalue weighted by molar-refractivity contribution is -0.150. The molecule has 0 aliphatic carbocycles. The Hall–Kier alpha value is -11.9. The van der Waals surface area contributed by atoms with E-state index < -0.39 is 248 Å². The Morgan fingerprint density at radius 3 is 1.65 bits per heavy atom. The van der Waals surface area contributed by atoms with Crippen LogP contribution in [0.5, 0.6) is 5.75 Å². The van der Waals surface area contributed by atoms with Crippen molar-refractivity contribution in [2.24, 2.45) is 35.0 Å². The van der Waals surface area contributed by atoms with Gasteiger partial charge in [0.1, 0.15) is 72.2 Å². The van der Waals surface area contributed by atoms with Crippen LogP contribution < -0.4 is 59.7 Å². The highest BCUT2D eigenvalue weighted by molar-refractivity contribution is 8.00. The van der Waals surface area contributed by atoms with Crippen LogP contribution >= 0.6 is 11.8 Å². The van der Waals surface area contributed by atoms with Crippen LogP contribution in [0.3, 0.4) is 0 Å². The number of primary amides is 1. The number of unbranched alkanes of at least 4 members (excludes halogenated alkanes) is 2. The summed E-state index contributed by atoms with van der Waals surface area (Å²) in [4.78, 5) is 261. The lowest BCUT2D eigenvalue weighted by atomic mass is 9.88. The predicted molar refractivity (Wildman–Crippen MR) is 479 cm³/mol. The number of nitrogens with two attached hydrogens (primary N) is 3. The molecule has 0 radical (unpaired) electrons. The number of hydrogen-bond acceptors (Lipinski definition) is 23. The Morgan fingerprint density at radius 2 is 1.08 bits per heavy atom. The van der Waals surface area contributed by atoms with Crippen LogP contribution in [0.2, 0.25) is 0 Å². The zero-order chi connectivity index (χ0) is 94.7. The van der Waals surface area contributed by atoms with Crippen LogP contribution in [-0.4, -0.2) is 305 Å². The number of phenols is 1. The number of ketones is 2. The molecule has 40 heteroatoms. The Labute approximate surface area is 757 Å². The van der Waals surface area contributed by atoms with Gasteiger partial charge >= 0.3 is 5.97 Å². The minimum atomic E-state index is -1.85. The van der Waals surface area contributed by atoms with Gasteiger partial charge in [0.15, 0.2) is 11.6 Å². The first-order chi connectivity index (χ1) is 62.1. The van der Waals surface area contributed by atoms with Crippen molar-refractivity contribution in [3.05, 3.63) is 102 Å². The van der Waals surface area contributed by atoms with E-state index in [1.54, 1.807) is 62.6 Å². The van der Waals surface area contributed by atoms with Gasteiger partial charge in [-0.3, -0.25) is 81.5 Å². The van der Waals surface area contributed by atoms with Gasteiger partial charge in [0.2, 0.25) is 82.7 Å². The number of rotatable bonds is 24. The summed E-state index contributed by atoms with van der Waals surface area (Å²) in [6.07, 6.45) is 1.01. The molecule has 130 heavy (non-hydrogen) atoms. The molecule has 4 aliphatic heterocycles. The van der Waals surface area contributed by atoms with Crippen LogP contribution in [0.4, 0.5) is 0 Å². The number of amides is 14. The lowest BCUT2D eigenvalue weighted by Crippen LogP contribution is -2.61. The number of aliphatic hydroxyl groups excluding tert-OH is 2. The molecule has 4 aliphatic rings. The number of H-pyrrole nitrogens is 2. The second-order valence-electron chi connectivity index (χ2n) is 34.5. The maximum absolute atomic E-state index is 15.7. The van der Waals surface area contributed by atoms with E-state index in [-0.39, 0.29) is 115 Å². The lowest BCUT2D eigenvalue weighted by Gasteiger charge is -2.36. The molecule has 20 N–H and O–H groups in total. The van der Waals surface area contributed by atoms with E-state index in [1.807, 2.05) is 26.0 Å². The number of carbonyl (C=O) groups is 17. The molecule has 39 nitrogen and oxygen atoms in total. The van der Waals surface area contributed by atoms with Crippen LogP contribution in [0.15, 0.2) is 85.2 Å². The molecule has 708 valence electrons. The molecular formula is C90H126N18O21S. The molecule has 3 aromatic carbocycles. The maximum atomic E-state index is 15.7. The largest absolute Gasteiger partial charge is 0.508 e. The SMILES string of the molecule is CCCC[C@H]1C(=O)N(C)[C@@H](CCCC)C(=O)N[C@@H](CCCN)C(=O)N[C@H](C(=O)NCC(N)=O)CSCC(=O)N[C@@H](Cc2ccc(O)cc2)C(=O)N2CCC[C@H]2C(=O)N[C@@H](CC(=O)O)C(=O)N2CCC[C@H]2C(=O)N[C@@H](CN)C(=O)N[C@@H](CC(C)C)C(=O)N2C[C@H](O)C[C@H]2C(=O)C[C@@H](Cc2c[nH]c3ccccc23)C(=O)N[C@@H](CO)C(=O)C[C@@H](Cc2c[nH]c3ccccc23)C(=O)N1C. The van der Waals surface area contributed by atoms with Crippen molar-refractivity contribution < 1.29 is 102 Å².